The molecule has 6 nitrogen and oxygen atoms in total. The Labute approximate surface area is 170 Å². The Morgan fingerprint density at radius 2 is 1.59 bits per heavy atom. The Hall–Kier alpha value is -3.32. The van der Waals surface area contributed by atoms with Crippen molar-refractivity contribution in [2.24, 2.45) is 0 Å². The highest BCUT2D eigenvalue weighted by Crippen LogP contribution is 2.21. The van der Waals surface area contributed by atoms with Crippen LogP contribution in [-0.2, 0) is 10.0 Å². The van der Waals surface area contributed by atoms with Gasteiger partial charge in [-0.2, -0.15) is 0 Å². The molecular weight excluding hydrogens is 388 g/mol. The Morgan fingerprint density at radius 3 is 2.24 bits per heavy atom. The van der Waals surface area contributed by atoms with Gasteiger partial charge >= 0.3 is 0 Å². The van der Waals surface area contributed by atoms with Crippen LogP contribution >= 0.6 is 0 Å². The van der Waals surface area contributed by atoms with E-state index >= 15 is 0 Å². The monoisotopic (exact) mass is 410 g/mol. The molecule has 0 saturated heterocycles. The molecule has 0 saturated carbocycles. The molecule has 0 aromatic heterocycles. The highest BCUT2D eigenvalue weighted by molar-refractivity contribution is 7.92. The van der Waals surface area contributed by atoms with E-state index in [0.29, 0.717) is 30.0 Å². The van der Waals surface area contributed by atoms with Gasteiger partial charge in [0.1, 0.15) is 12.4 Å². The second kappa shape index (κ2) is 9.25. The smallest absolute Gasteiger partial charge is 0.261 e. The van der Waals surface area contributed by atoms with Gasteiger partial charge in [0.15, 0.2) is 0 Å². The van der Waals surface area contributed by atoms with Crippen LogP contribution in [-0.4, -0.2) is 27.5 Å². The van der Waals surface area contributed by atoms with Crippen LogP contribution in [0.2, 0.25) is 0 Å². The van der Waals surface area contributed by atoms with Gasteiger partial charge in [-0.3, -0.25) is 9.52 Å². The van der Waals surface area contributed by atoms with Crippen LogP contribution in [0.25, 0.3) is 0 Å². The summed E-state index contributed by atoms with van der Waals surface area (Å²) in [6, 6.07) is 22.3. The standard InChI is InChI=1S/C22H22N2O4S/c1-17-16-18(22(25)23-14-15-28-19-8-4-2-5-9-19)12-13-21(17)24-29(26,27)20-10-6-3-7-11-20/h2-13,16,24H,14-15H2,1H3,(H,23,25). The van der Waals surface area contributed by atoms with Crippen LogP contribution in [0, 0.1) is 6.92 Å². The Balaban J connectivity index is 1.58. The maximum Gasteiger partial charge on any atom is 0.261 e. The normalized spacial score (nSPS) is 10.9. The van der Waals surface area contributed by atoms with Crippen molar-refractivity contribution in [1.29, 1.82) is 0 Å². The van der Waals surface area contributed by atoms with E-state index < -0.39 is 10.0 Å². The van der Waals surface area contributed by atoms with Gasteiger partial charge in [0.05, 0.1) is 17.1 Å². The van der Waals surface area contributed by atoms with Gasteiger partial charge in [-0.05, 0) is 55.0 Å². The van der Waals surface area contributed by atoms with Crippen molar-refractivity contribution in [3.63, 3.8) is 0 Å². The largest absolute Gasteiger partial charge is 0.492 e. The maximum absolute atomic E-state index is 12.5. The van der Waals surface area contributed by atoms with Crippen LogP contribution in [0.1, 0.15) is 15.9 Å². The Morgan fingerprint density at radius 1 is 0.931 bits per heavy atom. The Bertz CT molecular complexity index is 1070. The number of carbonyl (C=O) groups is 1. The minimum Gasteiger partial charge on any atom is -0.492 e. The first-order valence-corrected chi connectivity index (χ1v) is 10.6. The summed E-state index contributed by atoms with van der Waals surface area (Å²) in [4.78, 5) is 12.5. The van der Waals surface area contributed by atoms with E-state index in [1.54, 1.807) is 43.3 Å². The molecule has 0 aliphatic heterocycles. The van der Waals surface area contributed by atoms with E-state index in [1.807, 2.05) is 30.3 Å². The topological polar surface area (TPSA) is 84.5 Å². The molecule has 0 radical (unpaired) electrons. The summed E-state index contributed by atoms with van der Waals surface area (Å²) >= 11 is 0. The van der Waals surface area contributed by atoms with Crippen molar-refractivity contribution < 1.29 is 17.9 Å². The van der Waals surface area contributed by atoms with E-state index in [0.717, 1.165) is 5.75 Å². The molecule has 0 heterocycles. The number of nitrogens with one attached hydrogen (secondary N) is 2. The number of hydrogen-bond acceptors (Lipinski definition) is 4. The quantitative estimate of drug-likeness (QED) is 0.556. The molecule has 1 amide bonds. The number of anilines is 1. The molecular formula is C22H22N2O4S. The van der Waals surface area contributed by atoms with Crippen LogP contribution in [0.3, 0.4) is 0 Å². The van der Waals surface area contributed by atoms with Crippen molar-refractivity contribution in [1.82, 2.24) is 5.32 Å². The highest BCUT2D eigenvalue weighted by atomic mass is 32.2. The molecule has 3 aromatic rings. The van der Waals surface area contributed by atoms with Gasteiger partial charge in [-0.15, -0.1) is 0 Å². The van der Waals surface area contributed by atoms with E-state index in [9.17, 15) is 13.2 Å². The van der Waals surface area contributed by atoms with Crippen molar-refractivity contribution in [3.8, 4) is 5.75 Å². The minimum absolute atomic E-state index is 0.180. The molecule has 0 aliphatic carbocycles. The lowest BCUT2D eigenvalue weighted by Crippen LogP contribution is -2.28. The molecule has 3 aromatic carbocycles. The zero-order valence-electron chi connectivity index (χ0n) is 16.0. The summed E-state index contributed by atoms with van der Waals surface area (Å²) in [6.07, 6.45) is 0. The summed E-state index contributed by atoms with van der Waals surface area (Å²) in [7, 11) is -3.68. The van der Waals surface area contributed by atoms with Crippen LogP contribution in [0.5, 0.6) is 5.75 Å². The molecule has 2 N–H and O–H groups in total. The fraction of sp³-hybridized carbons (Fsp3) is 0.136. The van der Waals surface area contributed by atoms with E-state index in [1.165, 1.54) is 12.1 Å². The second-order valence-electron chi connectivity index (χ2n) is 6.37. The van der Waals surface area contributed by atoms with Crippen molar-refractivity contribution >= 4 is 21.6 Å². The van der Waals surface area contributed by atoms with Gasteiger partial charge < -0.3 is 10.1 Å². The average Bonchev–Trinajstić information content (AvgIpc) is 2.74. The molecule has 0 fully saturated rings. The van der Waals surface area contributed by atoms with Crippen LogP contribution in [0.15, 0.2) is 83.8 Å². The molecule has 0 unspecified atom stereocenters. The lowest BCUT2D eigenvalue weighted by Gasteiger charge is -2.12. The number of aryl methyl sites for hydroxylation is 1. The predicted molar refractivity (Wildman–Crippen MR) is 113 cm³/mol. The first-order chi connectivity index (χ1) is 14.0. The van der Waals surface area contributed by atoms with Gasteiger partial charge in [0, 0.05) is 5.56 Å². The second-order valence-corrected chi connectivity index (χ2v) is 8.05. The Kier molecular flexibility index (Phi) is 6.51. The molecule has 29 heavy (non-hydrogen) atoms. The molecule has 3 rings (SSSR count). The number of para-hydroxylation sites is 1. The first-order valence-electron chi connectivity index (χ1n) is 9.10. The molecule has 150 valence electrons. The summed E-state index contributed by atoms with van der Waals surface area (Å²) in [5, 5.41) is 2.79. The van der Waals surface area contributed by atoms with Crippen LogP contribution < -0.4 is 14.8 Å². The number of rotatable bonds is 8. The first kappa shape index (κ1) is 20.4. The number of ether oxygens (including phenoxy) is 1. The fourth-order valence-electron chi connectivity index (χ4n) is 2.67. The molecule has 0 spiro atoms. The predicted octanol–water partition coefficient (Wildman–Crippen LogP) is 3.60. The summed E-state index contributed by atoms with van der Waals surface area (Å²) in [5.41, 5.74) is 1.53. The minimum atomic E-state index is -3.68. The third-order valence-electron chi connectivity index (χ3n) is 4.19. The van der Waals surface area contributed by atoms with E-state index in [-0.39, 0.29) is 10.8 Å². The lowest BCUT2D eigenvalue weighted by molar-refractivity contribution is 0.0947. The van der Waals surface area contributed by atoms with Gasteiger partial charge in [-0.1, -0.05) is 36.4 Å². The summed E-state index contributed by atoms with van der Waals surface area (Å²) in [5.74, 6) is 0.495. The zero-order valence-corrected chi connectivity index (χ0v) is 16.8. The van der Waals surface area contributed by atoms with Crippen molar-refractivity contribution in [3.05, 3.63) is 90.0 Å². The van der Waals surface area contributed by atoms with Crippen molar-refractivity contribution in [2.45, 2.75) is 11.8 Å². The van der Waals surface area contributed by atoms with Gasteiger partial charge in [0.25, 0.3) is 15.9 Å². The number of benzene rings is 3. The number of amides is 1. The third-order valence-corrected chi connectivity index (χ3v) is 5.57. The molecule has 0 bridgehead atoms. The zero-order chi connectivity index (χ0) is 20.7. The van der Waals surface area contributed by atoms with Gasteiger partial charge in [-0.25, -0.2) is 8.42 Å². The molecule has 0 atom stereocenters. The van der Waals surface area contributed by atoms with E-state index in [4.69, 9.17) is 4.74 Å². The highest BCUT2D eigenvalue weighted by Gasteiger charge is 2.15. The SMILES string of the molecule is Cc1cc(C(=O)NCCOc2ccccc2)ccc1NS(=O)(=O)c1ccccc1. The number of carbonyl (C=O) groups excluding carboxylic acids is 1. The number of hydrogen-bond donors (Lipinski definition) is 2. The third kappa shape index (κ3) is 5.58. The maximum atomic E-state index is 12.5. The van der Waals surface area contributed by atoms with Crippen molar-refractivity contribution in [2.75, 3.05) is 17.9 Å². The summed E-state index contributed by atoms with van der Waals surface area (Å²) < 4.78 is 33.0. The molecule has 7 heteroatoms. The number of sulfonamides is 1. The fourth-order valence-corrected chi connectivity index (χ4v) is 3.83. The lowest BCUT2D eigenvalue weighted by atomic mass is 10.1. The van der Waals surface area contributed by atoms with Gasteiger partial charge in [0.2, 0.25) is 0 Å². The summed E-state index contributed by atoms with van der Waals surface area (Å²) in [6.45, 7) is 2.46. The average molecular weight is 410 g/mol. The molecule has 0 aliphatic rings. The van der Waals surface area contributed by atoms with E-state index in [2.05, 4.69) is 10.0 Å². The van der Waals surface area contributed by atoms with Crippen LogP contribution in [0.4, 0.5) is 5.69 Å².